The van der Waals surface area contributed by atoms with Crippen molar-refractivity contribution in [3.8, 4) is 0 Å². The molecule has 3 rings (SSSR count). The lowest BCUT2D eigenvalue weighted by Crippen LogP contribution is -2.49. The van der Waals surface area contributed by atoms with Crippen molar-refractivity contribution in [3.05, 3.63) is 35.4 Å². The average Bonchev–Trinajstić information content (AvgIpc) is 2.86. The number of carbonyl (C=O) groups is 2. The molecule has 4 heteroatoms. The molecular formula is C20H28N2O2. The predicted molar refractivity (Wildman–Crippen MR) is 94.7 cm³/mol. The van der Waals surface area contributed by atoms with Crippen molar-refractivity contribution in [2.75, 3.05) is 6.54 Å². The maximum Gasteiger partial charge on any atom is 0.251 e. The van der Waals surface area contributed by atoms with Crippen molar-refractivity contribution in [2.45, 2.75) is 53.0 Å². The highest BCUT2D eigenvalue weighted by molar-refractivity contribution is 5.97. The minimum Gasteiger partial charge on any atom is -0.351 e. The summed E-state index contributed by atoms with van der Waals surface area (Å²) < 4.78 is 0. The molecule has 0 aromatic heterocycles. The van der Waals surface area contributed by atoms with Crippen molar-refractivity contribution in [1.29, 1.82) is 0 Å². The Bertz CT molecular complexity index is 667. The highest BCUT2D eigenvalue weighted by Crippen LogP contribution is 2.65. The second-order valence-corrected chi connectivity index (χ2v) is 8.23. The molecule has 3 unspecified atom stereocenters. The molecule has 0 heterocycles. The number of hydrogen-bond donors (Lipinski definition) is 2. The third-order valence-electron chi connectivity index (χ3n) is 6.93. The number of fused-ring (bicyclic) bond motifs is 2. The number of benzene rings is 1. The van der Waals surface area contributed by atoms with Gasteiger partial charge in [0.25, 0.3) is 5.91 Å². The van der Waals surface area contributed by atoms with E-state index < -0.39 is 0 Å². The number of hydrogen-bond acceptors (Lipinski definition) is 2. The molecule has 1 aromatic rings. The van der Waals surface area contributed by atoms with Crippen LogP contribution >= 0.6 is 0 Å². The second-order valence-electron chi connectivity index (χ2n) is 8.23. The normalized spacial score (nSPS) is 30.2. The topological polar surface area (TPSA) is 58.2 Å². The molecule has 3 atom stereocenters. The van der Waals surface area contributed by atoms with Gasteiger partial charge in [-0.3, -0.25) is 9.59 Å². The van der Waals surface area contributed by atoms with E-state index in [-0.39, 0.29) is 35.2 Å². The zero-order chi connectivity index (χ0) is 17.5. The molecule has 2 bridgehead atoms. The fourth-order valence-corrected chi connectivity index (χ4v) is 4.75. The molecule has 4 nitrogen and oxygen atoms in total. The zero-order valence-electron chi connectivity index (χ0n) is 15.1. The van der Waals surface area contributed by atoms with Gasteiger partial charge >= 0.3 is 0 Å². The van der Waals surface area contributed by atoms with Crippen LogP contribution in [-0.4, -0.2) is 24.4 Å². The SMILES string of the molecule is Cc1ccccc1C(=O)NCC(=O)NC1CC2CCC1(C)C2(C)C. The van der Waals surface area contributed by atoms with Crippen molar-refractivity contribution in [3.63, 3.8) is 0 Å². The van der Waals surface area contributed by atoms with Crippen LogP contribution in [0, 0.1) is 23.7 Å². The van der Waals surface area contributed by atoms with Crippen LogP contribution in [0.4, 0.5) is 0 Å². The van der Waals surface area contributed by atoms with E-state index in [9.17, 15) is 9.59 Å². The Morgan fingerprint density at radius 2 is 1.92 bits per heavy atom. The summed E-state index contributed by atoms with van der Waals surface area (Å²) in [5.74, 6) is 0.406. The van der Waals surface area contributed by atoms with Gasteiger partial charge in [-0.1, -0.05) is 39.0 Å². The van der Waals surface area contributed by atoms with Gasteiger partial charge in [0, 0.05) is 11.6 Å². The first-order valence-corrected chi connectivity index (χ1v) is 8.89. The van der Waals surface area contributed by atoms with Gasteiger partial charge in [-0.05, 0) is 54.6 Å². The van der Waals surface area contributed by atoms with Gasteiger partial charge in [0.05, 0.1) is 6.54 Å². The van der Waals surface area contributed by atoms with Gasteiger partial charge in [0.2, 0.25) is 5.91 Å². The first-order chi connectivity index (χ1) is 11.3. The maximum atomic E-state index is 12.3. The van der Waals surface area contributed by atoms with Crippen LogP contribution in [0.5, 0.6) is 0 Å². The van der Waals surface area contributed by atoms with Gasteiger partial charge in [-0.2, -0.15) is 0 Å². The molecule has 0 aliphatic heterocycles. The summed E-state index contributed by atoms with van der Waals surface area (Å²) in [7, 11) is 0. The third-order valence-corrected chi connectivity index (χ3v) is 6.93. The summed E-state index contributed by atoms with van der Waals surface area (Å²) in [6.07, 6.45) is 3.49. The van der Waals surface area contributed by atoms with Gasteiger partial charge < -0.3 is 10.6 Å². The molecule has 2 fully saturated rings. The van der Waals surface area contributed by atoms with E-state index in [0.717, 1.165) is 12.0 Å². The van der Waals surface area contributed by atoms with Gasteiger partial charge in [0.1, 0.15) is 0 Å². The first kappa shape index (κ1) is 17.0. The fraction of sp³-hybridized carbons (Fsp3) is 0.600. The maximum absolute atomic E-state index is 12.3. The van der Waals surface area contributed by atoms with E-state index in [1.807, 2.05) is 25.1 Å². The van der Waals surface area contributed by atoms with Crippen LogP contribution in [-0.2, 0) is 4.79 Å². The average molecular weight is 328 g/mol. The number of nitrogens with one attached hydrogen (secondary N) is 2. The standard InChI is InChI=1S/C20H28N2O2/c1-13-7-5-6-8-15(13)18(24)21-12-17(23)22-16-11-14-9-10-20(16,4)19(14,2)3/h5-8,14,16H,9-12H2,1-4H3,(H,21,24)(H,22,23). The summed E-state index contributed by atoms with van der Waals surface area (Å²) in [4.78, 5) is 24.5. The highest BCUT2D eigenvalue weighted by Gasteiger charge is 2.61. The van der Waals surface area contributed by atoms with Crippen LogP contribution in [0.25, 0.3) is 0 Å². The lowest BCUT2D eigenvalue weighted by molar-refractivity contribution is -0.121. The number of rotatable bonds is 4. The van der Waals surface area contributed by atoms with E-state index in [1.54, 1.807) is 6.07 Å². The number of carbonyl (C=O) groups excluding carboxylic acids is 2. The highest BCUT2D eigenvalue weighted by atomic mass is 16.2. The van der Waals surface area contributed by atoms with Gasteiger partial charge in [0.15, 0.2) is 0 Å². The molecule has 1 aromatic carbocycles. The van der Waals surface area contributed by atoms with Crippen LogP contribution in [0.1, 0.15) is 56.0 Å². The van der Waals surface area contributed by atoms with E-state index in [1.165, 1.54) is 12.8 Å². The Hall–Kier alpha value is -1.84. The van der Waals surface area contributed by atoms with E-state index in [2.05, 4.69) is 31.4 Å². The Balaban J connectivity index is 1.56. The molecule has 2 saturated carbocycles. The minimum atomic E-state index is -0.192. The Morgan fingerprint density at radius 1 is 1.21 bits per heavy atom. The van der Waals surface area contributed by atoms with E-state index >= 15 is 0 Å². The quantitative estimate of drug-likeness (QED) is 0.892. The molecule has 0 spiro atoms. The Morgan fingerprint density at radius 3 is 2.50 bits per heavy atom. The first-order valence-electron chi connectivity index (χ1n) is 8.89. The van der Waals surface area contributed by atoms with Gasteiger partial charge in [-0.25, -0.2) is 0 Å². The van der Waals surface area contributed by atoms with Crippen molar-refractivity contribution < 1.29 is 9.59 Å². The van der Waals surface area contributed by atoms with Crippen molar-refractivity contribution >= 4 is 11.8 Å². The van der Waals surface area contributed by atoms with Crippen molar-refractivity contribution in [2.24, 2.45) is 16.7 Å². The van der Waals surface area contributed by atoms with E-state index in [4.69, 9.17) is 0 Å². The minimum absolute atomic E-state index is 0.0326. The lowest BCUT2D eigenvalue weighted by atomic mass is 9.69. The summed E-state index contributed by atoms with van der Waals surface area (Å²) >= 11 is 0. The zero-order valence-corrected chi connectivity index (χ0v) is 15.1. The number of amides is 2. The molecular weight excluding hydrogens is 300 g/mol. The van der Waals surface area contributed by atoms with E-state index in [0.29, 0.717) is 11.5 Å². The van der Waals surface area contributed by atoms with Crippen molar-refractivity contribution in [1.82, 2.24) is 10.6 Å². The molecule has 2 N–H and O–H groups in total. The molecule has 2 amide bonds. The van der Waals surface area contributed by atoms with Crippen LogP contribution in [0.3, 0.4) is 0 Å². The second kappa shape index (κ2) is 5.91. The molecule has 2 aliphatic rings. The van der Waals surface area contributed by atoms with Crippen LogP contribution in [0.2, 0.25) is 0 Å². The predicted octanol–water partition coefficient (Wildman–Crippen LogP) is 3.06. The third kappa shape index (κ3) is 2.62. The van der Waals surface area contributed by atoms with Crippen LogP contribution in [0.15, 0.2) is 24.3 Å². The molecule has 2 aliphatic carbocycles. The lowest BCUT2D eigenvalue weighted by Gasteiger charge is -2.39. The number of aryl methyl sites for hydroxylation is 1. The van der Waals surface area contributed by atoms with Gasteiger partial charge in [-0.15, -0.1) is 0 Å². The summed E-state index contributed by atoms with van der Waals surface area (Å²) in [6.45, 7) is 8.89. The summed E-state index contributed by atoms with van der Waals surface area (Å²) in [5.41, 5.74) is 1.97. The molecule has 130 valence electrons. The Kier molecular flexibility index (Phi) is 4.18. The summed E-state index contributed by atoms with van der Waals surface area (Å²) in [5, 5.41) is 5.91. The molecule has 0 saturated heterocycles. The Labute approximate surface area is 144 Å². The molecule has 24 heavy (non-hydrogen) atoms. The fourth-order valence-electron chi connectivity index (χ4n) is 4.75. The summed E-state index contributed by atoms with van der Waals surface area (Å²) in [6, 6.07) is 7.63. The smallest absolute Gasteiger partial charge is 0.251 e. The van der Waals surface area contributed by atoms with Crippen LogP contribution < -0.4 is 10.6 Å². The molecule has 0 radical (unpaired) electrons. The largest absolute Gasteiger partial charge is 0.351 e. The monoisotopic (exact) mass is 328 g/mol.